The zero-order valence-corrected chi connectivity index (χ0v) is 25.7. The lowest BCUT2D eigenvalue weighted by Crippen LogP contribution is -2.73. The highest BCUT2D eigenvalue weighted by molar-refractivity contribution is 9.10. The lowest BCUT2D eigenvalue weighted by molar-refractivity contribution is -0.172. The third-order valence-electron chi connectivity index (χ3n) is 7.69. The molecule has 1 aromatic carbocycles. The molecule has 2 fully saturated rings. The van der Waals surface area contributed by atoms with Crippen molar-refractivity contribution in [3.63, 3.8) is 0 Å². The van der Waals surface area contributed by atoms with Crippen molar-refractivity contribution in [2.24, 2.45) is 12.5 Å². The number of alkyl halides is 3. The van der Waals surface area contributed by atoms with Crippen molar-refractivity contribution in [2.45, 2.75) is 45.9 Å². The van der Waals surface area contributed by atoms with Crippen LogP contribution in [0.5, 0.6) is 5.75 Å². The predicted molar refractivity (Wildman–Crippen MR) is 155 cm³/mol. The number of likely N-dealkylation sites (tertiary alicyclic amines) is 1. The molecule has 1 spiro atoms. The Morgan fingerprint density at radius 1 is 1.15 bits per heavy atom. The van der Waals surface area contributed by atoms with Crippen LogP contribution in [0.1, 0.15) is 30.9 Å². The molecule has 0 unspecified atom stereocenters. The molecule has 0 aliphatic carbocycles. The van der Waals surface area contributed by atoms with E-state index in [1.165, 1.54) is 4.90 Å². The molecule has 0 radical (unpaired) electrons. The zero-order valence-electron chi connectivity index (χ0n) is 23.4. The maximum absolute atomic E-state index is 12.8. The average molecular weight is 658 g/mol. The van der Waals surface area contributed by atoms with Gasteiger partial charge in [0, 0.05) is 55.3 Å². The van der Waals surface area contributed by atoms with Crippen LogP contribution < -0.4 is 9.64 Å². The number of aliphatic hydroxyl groups excluding tert-OH is 1. The van der Waals surface area contributed by atoms with Gasteiger partial charge in [-0.2, -0.15) is 18.3 Å². The Morgan fingerprint density at radius 3 is 2.46 bits per heavy atom. The first-order valence-corrected chi connectivity index (χ1v) is 14.7. The van der Waals surface area contributed by atoms with Crippen molar-refractivity contribution in [3.05, 3.63) is 39.0 Å². The topological polar surface area (TPSA) is 79.5 Å². The normalized spacial score (nSPS) is 17.5. The van der Waals surface area contributed by atoms with E-state index in [0.717, 1.165) is 23.2 Å². The highest BCUT2D eigenvalue weighted by Gasteiger charge is 2.54. The SMILES string of the molecule is CCC[C@@H](O)COc1ccc(Cl)c(-c2nc(-c3c(C)c(Br)nn3C)c(C)c(N3CC4(CN(CC(F)(F)F)C4)C3)n2)c1. The zero-order chi connectivity index (χ0) is 29.7. The number of aryl methyl sites for hydroxylation is 1. The number of halogens is 5. The first-order chi connectivity index (χ1) is 19.3. The van der Waals surface area contributed by atoms with Crippen molar-refractivity contribution in [1.82, 2.24) is 24.6 Å². The predicted octanol–water partition coefficient (Wildman–Crippen LogP) is 5.80. The first kappa shape index (κ1) is 30.1. The Hall–Kier alpha value is -2.41. The van der Waals surface area contributed by atoms with Crippen molar-refractivity contribution in [2.75, 3.05) is 44.2 Å². The minimum atomic E-state index is -4.20. The van der Waals surface area contributed by atoms with Crippen LogP contribution in [0.3, 0.4) is 0 Å². The third-order valence-corrected chi connectivity index (χ3v) is 8.77. The molecular formula is C28H33BrClF3N6O2. The van der Waals surface area contributed by atoms with Gasteiger partial charge in [0.25, 0.3) is 0 Å². The van der Waals surface area contributed by atoms with Crippen LogP contribution in [0.15, 0.2) is 22.8 Å². The first-order valence-electron chi connectivity index (χ1n) is 13.5. The summed E-state index contributed by atoms with van der Waals surface area (Å²) in [6.45, 7) is 7.23. The van der Waals surface area contributed by atoms with Crippen LogP contribution in [-0.4, -0.2) is 81.4 Å². The Kier molecular flexibility index (Phi) is 8.32. The molecule has 2 saturated heterocycles. The summed E-state index contributed by atoms with van der Waals surface area (Å²) in [4.78, 5) is 13.4. The van der Waals surface area contributed by atoms with Gasteiger partial charge in [0.1, 0.15) is 22.8 Å². The van der Waals surface area contributed by atoms with E-state index in [1.54, 1.807) is 22.9 Å². The number of ether oxygens (including phenoxy) is 1. The van der Waals surface area contributed by atoms with Gasteiger partial charge in [0.15, 0.2) is 5.82 Å². The summed E-state index contributed by atoms with van der Waals surface area (Å²) in [6.07, 6.45) is -3.28. The fourth-order valence-corrected chi connectivity index (χ4v) is 6.47. The number of benzene rings is 1. The molecule has 1 atom stereocenters. The Bertz CT molecular complexity index is 1440. The molecule has 0 bridgehead atoms. The smallest absolute Gasteiger partial charge is 0.401 e. The third kappa shape index (κ3) is 6.21. The van der Waals surface area contributed by atoms with E-state index in [2.05, 4.69) is 25.9 Å². The van der Waals surface area contributed by atoms with E-state index in [0.29, 0.717) is 70.9 Å². The highest BCUT2D eigenvalue weighted by atomic mass is 79.9. The van der Waals surface area contributed by atoms with E-state index in [9.17, 15) is 18.3 Å². The number of hydrogen-bond donors (Lipinski definition) is 1. The Labute approximate surface area is 250 Å². The van der Waals surface area contributed by atoms with Gasteiger partial charge in [-0.15, -0.1) is 0 Å². The lowest BCUT2D eigenvalue weighted by atomic mass is 9.72. The van der Waals surface area contributed by atoms with Crippen molar-refractivity contribution >= 4 is 33.3 Å². The number of nitrogens with zero attached hydrogens (tertiary/aromatic N) is 6. The summed E-state index contributed by atoms with van der Waals surface area (Å²) < 4.78 is 46.8. The van der Waals surface area contributed by atoms with Gasteiger partial charge >= 0.3 is 6.18 Å². The van der Waals surface area contributed by atoms with Crippen molar-refractivity contribution in [1.29, 1.82) is 0 Å². The molecule has 3 aromatic rings. The lowest BCUT2D eigenvalue weighted by Gasteiger charge is -2.61. The number of aliphatic hydroxyl groups is 1. The van der Waals surface area contributed by atoms with Gasteiger partial charge < -0.3 is 14.7 Å². The van der Waals surface area contributed by atoms with Gasteiger partial charge in [0.05, 0.1) is 29.1 Å². The molecular weight excluding hydrogens is 625 g/mol. The number of rotatable bonds is 9. The second-order valence-corrected chi connectivity index (χ2v) is 12.4. The number of anilines is 1. The summed E-state index contributed by atoms with van der Waals surface area (Å²) in [5.74, 6) is 1.64. The van der Waals surface area contributed by atoms with Gasteiger partial charge in [-0.3, -0.25) is 9.58 Å². The van der Waals surface area contributed by atoms with E-state index < -0.39 is 18.8 Å². The van der Waals surface area contributed by atoms with Crippen LogP contribution >= 0.6 is 27.5 Å². The largest absolute Gasteiger partial charge is 0.491 e. The standard InChI is InChI=1S/C28H33BrClF3N6O2/c1-5-6-18(40)10-41-19-7-8-21(30)20(9-19)25-34-22(23-17(3)24(29)36-37(23)4)16(2)26(35-25)39-13-27(14-39)11-38(12-27)15-28(31,32)33/h7-9,18,40H,5-6,10-15H2,1-4H3/t18-/m1/s1. The van der Waals surface area contributed by atoms with Gasteiger partial charge in [-0.05, 0) is 54.4 Å². The summed E-state index contributed by atoms with van der Waals surface area (Å²) in [6, 6.07) is 5.23. The monoisotopic (exact) mass is 656 g/mol. The summed E-state index contributed by atoms with van der Waals surface area (Å²) in [5.41, 5.74) is 3.68. The molecule has 222 valence electrons. The molecule has 2 aliphatic rings. The second kappa shape index (κ2) is 11.3. The molecule has 0 amide bonds. The molecule has 41 heavy (non-hydrogen) atoms. The highest BCUT2D eigenvalue weighted by Crippen LogP contribution is 2.45. The van der Waals surface area contributed by atoms with Crippen LogP contribution in [0, 0.1) is 19.3 Å². The fraction of sp³-hybridized carbons (Fsp3) is 0.536. The van der Waals surface area contributed by atoms with E-state index in [1.807, 2.05) is 27.8 Å². The van der Waals surface area contributed by atoms with E-state index in [-0.39, 0.29) is 12.0 Å². The Morgan fingerprint density at radius 2 is 1.85 bits per heavy atom. The van der Waals surface area contributed by atoms with E-state index >= 15 is 0 Å². The summed E-state index contributed by atoms with van der Waals surface area (Å²) >= 11 is 10.2. The average Bonchev–Trinajstić information content (AvgIpc) is 3.10. The maximum Gasteiger partial charge on any atom is 0.401 e. The van der Waals surface area contributed by atoms with Crippen LogP contribution in [0.4, 0.5) is 19.0 Å². The summed E-state index contributed by atoms with van der Waals surface area (Å²) in [7, 11) is 1.85. The quantitative estimate of drug-likeness (QED) is 0.312. The minimum absolute atomic E-state index is 0.156. The van der Waals surface area contributed by atoms with E-state index in [4.69, 9.17) is 26.3 Å². The molecule has 4 heterocycles. The van der Waals surface area contributed by atoms with Crippen LogP contribution in [-0.2, 0) is 7.05 Å². The van der Waals surface area contributed by atoms with Gasteiger partial charge in [0.2, 0.25) is 0 Å². The Balaban J connectivity index is 1.49. The van der Waals surface area contributed by atoms with Gasteiger partial charge in [-0.1, -0.05) is 24.9 Å². The summed E-state index contributed by atoms with van der Waals surface area (Å²) in [5, 5.41) is 15.1. The van der Waals surface area contributed by atoms with Crippen LogP contribution in [0.25, 0.3) is 22.8 Å². The maximum atomic E-state index is 12.8. The molecule has 8 nitrogen and oxygen atoms in total. The number of aromatic nitrogens is 4. The molecule has 1 N–H and O–H groups in total. The molecule has 0 saturated carbocycles. The van der Waals surface area contributed by atoms with Gasteiger partial charge in [-0.25, -0.2) is 9.97 Å². The molecule has 2 aliphatic heterocycles. The number of hydrogen-bond acceptors (Lipinski definition) is 7. The molecule has 13 heteroatoms. The molecule has 5 rings (SSSR count). The van der Waals surface area contributed by atoms with Crippen molar-refractivity contribution in [3.8, 4) is 28.5 Å². The van der Waals surface area contributed by atoms with Crippen molar-refractivity contribution < 1.29 is 23.0 Å². The molecule has 2 aromatic heterocycles. The second-order valence-electron chi connectivity index (χ2n) is 11.2. The van der Waals surface area contributed by atoms with Crippen LogP contribution in [0.2, 0.25) is 5.02 Å². The fourth-order valence-electron chi connectivity index (χ4n) is 5.85. The minimum Gasteiger partial charge on any atom is -0.491 e.